The van der Waals surface area contributed by atoms with E-state index >= 15 is 0 Å². The molecule has 0 aromatic heterocycles. The van der Waals surface area contributed by atoms with Crippen LogP contribution in [0.15, 0.2) is 72.8 Å². The molecule has 0 bridgehead atoms. The Morgan fingerprint density at radius 1 is 0.939 bits per heavy atom. The number of para-hydroxylation sites is 1. The number of anilines is 2. The van der Waals surface area contributed by atoms with Crippen LogP contribution in [0.1, 0.15) is 24.1 Å². The highest BCUT2D eigenvalue weighted by Crippen LogP contribution is 2.48. The van der Waals surface area contributed by atoms with Crippen molar-refractivity contribution < 1.29 is 24.3 Å². The Hall–Kier alpha value is -3.84. The summed E-state index contributed by atoms with van der Waals surface area (Å²) in [5.41, 5.74) is 3.08. The zero-order valence-electron chi connectivity index (χ0n) is 18.3. The Bertz CT molecular complexity index is 1200. The summed E-state index contributed by atoms with van der Waals surface area (Å²) in [4.78, 5) is 34.4. The monoisotopic (exact) mass is 444 g/mol. The molecule has 1 N–H and O–H groups in total. The number of aromatic hydroxyl groups is 1. The fourth-order valence-electron chi connectivity index (χ4n) is 4.57. The smallest absolute Gasteiger partial charge is 0.266 e. The molecule has 7 nitrogen and oxygen atoms in total. The maximum Gasteiger partial charge on any atom is 0.266 e. The van der Waals surface area contributed by atoms with Crippen LogP contribution in [0.2, 0.25) is 0 Å². The third-order valence-corrected chi connectivity index (χ3v) is 6.27. The second-order valence-electron chi connectivity index (χ2n) is 8.12. The van der Waals surface area contributed by atoms with Gasteiger partial charge in [0.1, 0.15) is 5.92 Å². The number of amides is 2. The largest absolute Gasteiger partial charge is 0.504 e. The molecule has 0 radical (unpaired) electrons. The van der Waals surface area contributed by atoms with Crippen molar-refractivity contribution in [3.8, 4) is 11.5 Å². The molecule has 3 aromatic rings. The summed E-state index contributed by atoms with van der Waals surface area (Å²) in [5, 5.41) is 11.7. The van der Waals surface area contributed by atoms with Crippen LogP contribution in [0, 0.1) is 5.92 Å². The molecule has 3 atom stereocenters. The predicted octanol–water partition coefficient (Wildman–Crippen LogP) is 4.01. The number of carbonyl (C=O) groups is 2. The third-order valence-electron chi connectivity index (χ3n) is 6.27. The maximum atomic E-state index is 13.7. The van der Waals surface area contributed by atoms with Crippen molar-refractivity contribution >= 4 is 23.2 Å². The normalized spacial score (nSPS) is 22.1. The van der Waals surface area contributed by atoms with E-state index in [2.05, 4.69) is 0 Å². The number of hydrogen-bond donors (Lipinski definition) is 1. The van der Waals surface area contributed by atoms with Gasteiger partial charge >= 0.3 is 0 Å². The van der Waals surface area contributed by atoms with E-state index in [1.165, 1.54) is 18.1 Å². The molecule has 33 heavy (non-hydrogen) atoms. The lowest BCUT2D eigenvalue weighted by atomic mass is 9.90. The molecule has 3 aromatic carbocycles. The van der Waals surface area contributed by atoms with E-state index in [0.717, 1.165) is 17.7 Å². The molecule has 7 heteroatoms. The van der Waals surface area contributed by atoms with Crippen molar-refractivity contribution in [3.63, 3.8) is 0 Å². The van der Waals surface area contributed by atoms with Gasteiger partial charge in [0.05, 0.1) is 24.5 Å². The Balaban J connectivity index is 1.58. The van der Waals surface area contributed by atoms with Gasteiger partial charge in [-0.1, -0.05) is 43.3 Å². The molecule has 2 heterocycles. The number of benzene rings is 3. The van der Waals surface area contributed by atoms with Crippen LogP contribution in [0.25, 0.3) is 0 Å². The Morgan fingerprint density at radius 2 is 1.67 bits per heavy atom. The number of nitrogens with zero attached hydrogens (tertiary/aromatic N) is 2. The van der Waals surface area contributed by atoms with E-state index in [1.807, 2.05) is 49.4 Å². The van der Waals surface area contributed by atoms with Crippen LogP contribution < -0.4 is 14.7 Å². The number of rotatable bonds is 5. The number of fused-ring (bicyclic) bond motifs is 1. The number of hydrogen-bond acceptors (Lipinski definition) is 6. The molecule has 5 rings (SSSR count). The van der Waals surface area contributed by atoms with Crippen LogP contribution in [-0.2, 0) is 20.8 Å². The van der Waals surface area contributed by atoms with Gasteiger partial charge in [-0.25, -0.2) is 9.96 Å². The first-order chi connectivity index (χ1) is 16.0. The third kappa shape index (κ3) is 3.41. The van der Waals surface area contributed by atoms with Gasteiger partial charge in [0.15, 0.2) is 17.6 Å². The topological polar surface area (TPSA) is 79.3 Å². The quantitative estimate of drug-likeness (QED) is 0.599. The fourth-order valence-corrected chi connectivity index (χ4v) is 4.57. The van der Waals surface area contributed by atoms with Crippen molar-refractivity contribution in [1.29, 1.82) is 0 Å². The molecule has 0 unspecified atom stereocenters. The summed E-state index contributed by atoms with van der Waals surface area (Å²) >= 11 is 0. The number of hydroxylamine groups is 1. The summed E-state index contributed by atoms with van der Waals surface area (Å²) in [6, 6.07) is 21.1. The highest BCUT2D eigenvalue weighted by molar-refractivity contribution is 6.23. The highest BCUT2D eigenvalue weighted by Gasteiger charge is 2.60. The zero-order chi connectivity index (χ0) is 23.1. The van der Waals surface area contributed by atoms with E-state index in [1.54, 1.807) is 29.3 Å². The van der Waals surface area contributed by atoms with Crippen molar-refractivity contribution in [2.45, 2.75) is 25.5 Å². The molecule has 2 saturated heterocycles. The first-order valence-corrected chi connectivity index (χ1v) is 10.9. The minimum absolute atomic E-state index is 0.00515. The Morgan fingerprint density at radius 3 is 2.33 bits per heavy atom. The van der Waals surface area contributed by atoms with E-state index in [-0.39, 0.29) is 23.3 Å². The summed E-state index contributed by atoms with van der Waals surface area (Å²) in [6.45, 7) is 2.05. The number of aryl methyl sites for hydroxylation is 1. The molecule has 168 valence electrons. The van der Waals surface area contributed by atoms with Gasteiger partial charge < -0.3 is 9.84 Å². The van der Waals surface area contributed by atoms with E-state index < -0.39 is 18.1 Å². The second kappa shape index (κ2) is 8.26. The molecule has 2 aliphatic rings. The number of ether oxygens (including phenoxy) is 1. The maximum absolute atomic E-state index is 13.7. The van der Waals surface area contributed by atoms with Gasteiger partial charge in [0.25, 0.3) is 5.91 Å². The molecule has 2 amide bonds. The molecular formula is C26H24N2O5. The molecule has 0 saturated carbocycles. The van der Waals surface area contributed by atoms with E-state index in [4.69, 9.17) is 9.57 Å². The van der Waals surface area contributed by atoms with Gasteiger partial charge in [0.2, 0.25) is 5.91 Å². The molecule has 0 spiro atoms. The number of imide groups is 1. The standard InChI is InChI=1S/C26H24N2O5/c1-3-16-9-12-18(13-10-16)27-25(30)22-23(17-11-14-20(29)21(15-17)32-2)28(33-24(22)26(27)31)19-7-5-4-6-8-19/h4-15,22-24,29H,3H2,1-2H3/t22-,23+,24+/m1/s1. The van der Waals surface area contributed by atoms with Crippen LogP contribution in [0.3, 0.4) is 0 Å². The first-order valence-electron chi connectivity index (χ1n) is 10.9. The second-order valence-corrected chi connectivity index (χ2v) is 8.12. The van der Waals surface area contributed by atoms with Crippen LogP contribution in [0.4, 0.5) is 11.4 Å². The number of carbonyl (C=O) groups excluding carboxylic acids is 2. The van der Waals surface area contributed by atoms with Crippen molar-refractivity contribution in [2.75, 3.05) is 17.1 Å². The molecule has 0 aliphatic carbocycles. The summed E-state index contributed by atoms with van der Waals surface area (Å²) in [6.07, 6.45) is -0.0822. The Labute approximate surface area is 191 Å². The van der Waals surface area contributed by atoms with Crippen LogP contribution >= 0.6 is 0 Å². The van der Waals surface area contributed by atoms with E-state index in [9.17, 15) is 14.7 Å². The van der Waals surface area contributed by atoms with E-state index in [0.29, 0.717) is 11.3 Å². The van der Waals surface area contributed by atoms with Gasteiger partial charge in [-0.2, -0.15) is 0 Å². The number of phenols is 1. The Kier molecular flexibility index (Phi) is 5.26. The van der Waals surface area contributed by atoms with Crippen molar-refractivity contribution in [1.82, 2.24) is 0 Å². The molecule has 2 fully saturated rings. The summed E-state index contributed by atoms with van der Waals surface area (Å²) < 4.78 is 5.29. The van der Waals surface area contributed by atoms with Gasteiger partial charge in [-0.05, 0) is 53.9 Å². The van der Waals surface area contributed by atoms with Crippen molar-refractivity contribution in [3.05, 3.63) is 83.9 Å². The average Bonchev–Trinajstić information content (AvgIpc) is 3.36. The lowest BCUT2D eigenvalue weighted by Crippen LogP contribution is -2.37. The lowest BCUT2D eigenvalue weighted by molar-refractivity contribution is -0.126. The molecular weight excluding hydrogens is 420 g/mol. The lowest BCUT2D eigenvalue weighted by Gasteiger charge is -2.29. The van der Waals surface area contributed by atoms with Crippen LogP contribution in [0.5, 0.6) is 11.5 Å². The zero-order valence-corrected chi connectivity index (χ0v) is 18.3. The van der Waals surface area contributed by atoms with Gasteiger partial charge in [-0.15, -0.1) is 0 Å². The SMILES string of the molecule is CCc1ccc(N2C(=O)[C@H]3[C@H](ON(c4ccccc4)[C@H]3c3ccc(O)c(OC)c3)C2=O)cc1. The average molecular weight is 444 g/mol. The van der Waals surface area contributed by atoms with Crippen LogP contribution in [-0.4, -0.2) is 30.1 Å². The molecule has 2 aliphatic heterocycles. The van der Waals surface area contributed by atoms with Crippen molar-refractivity contribution in [2.24, 2.45) is 5.92 Å². The predicted molar refractivity (Wildman–Crippen MR) is 123 cm³/mol. The number of methoxy groups -OCH3 is 1. The summed E-state index contributed by atoms with van der Waals surface area (Å²) in [5.74, 6) is -1.17. The summed E-state index contributed by atoms with van der Waals surface area (Å²) in [7, 11) is 1.47. The highest BCUT2D eigenvalue weighted by atomic mass is 16.7. The fraction of sp³-hybridized carbons (Fsp3) is 0.231. The first kappa shape index (κ1) is 21.0. The van der Waals surface area contributed by atoms with Gasteiger partial charge in [-0.3, -0.25) is 14.4 Å². The van der Waals surface area contributed by atoms with Gasteiger partial charge in [0, 0.05) is 0 Å². The minimum atomic E-state index is -0.951. The minimum Gasteiger partial charge on any atom is -0.504 e. The number of phenolic OH excluding ortho intramolecular Hbond substituents is 1.